The average Bonchev–Trinajstić information content (AvgIpc) is 3.02. The van der Waals surface area contributed by atoms with Crippen molar-refractivity contribution in [1.82, 2.24) is 14.8 Å². The van der Waals surface area contributed by atoms with Gasteiger partial charge in [0.25, 0.3) is 5.91 Å². The summed E-state index contributed by atoms with van der Waals surface area (Å²) in [6.45, 7) is 1.14. The van der Waals surface area contributed by atoms with E-state index in [4.69, 9.17) is 9.47 Å². The number of hydrogen-bond acceptors (Lipinski definition) is 5. The average molecular weight is 390 g/mol. The molecule has 148 valence electrons. The molecule has 1 aromatic heterocycles. The number of benzene rings is 2. The molecule has 3 heterocycles. The fourth-order valence-electron chi connectivity index (χ4n) is 3.77. The van der Waals surface area contributed by atoms with Gasteiger partial charge in [-0.25, -0.2) is 0 Å². The molecule has 2 aromatic carbocycles. The molecule has 0 saturated heterocycles. The van der Waals surface area contributed by atoms with Gasteiger partial charge in [0, 0.05) is 24.2 Å². The molecule has 2 aliphatic heterocycles. The van der Waals surface area contributed by atoms with Crippen molar-refractivity contribution in [3.05, 3.63) is 54.4 Å². The fourth-order valence-corrected chi connectivity index (χ4v) is 3.77. The van der Waals surface area contributed by atoms with Gasteiger partial charge < -0.3 is 19.4 Å². The van der Waals surface area contributed by atoms with Crippen LogP contribution in [-0.4, -0.2) is 33.4 Å². The highest BCUT2D eigenvalue weighted by Crippen LogP contribution is 2.31. The van der Waals surface area contributed by atoms with Crippen LogP contribution in [0.2, 0.25) is 0 Å². The van der Waals surface area contributed by atoms with Crippen molar-refractivity contribution in [2.45, 2.75) is 38.3 Å². The highest BCUT2D eigenvalue weighted by molar-refractivity contribution is 5.94. The first-order valence-corrected chi connectivity index (χ1v) is 10.00. The van der Waals surface area contributed by atoms with E-state index in [1.165, 1.54) is 12.8 Å². The van der Waals surface area contributed by atoms with Gasteiger partial charge in [0.15, 0.2) is 17.3 Å². The summed E-state index contributed by atoms with van der Waals surface area (Å²) >= 11 is 0. The quantitative estimate of drug-likeness (QED) is 0.741. The normalized spacial score (nSPS) is 17.9. The summed E-state index contributed by atoms with van der Waals surface area (Å²) < 4.78 is 13.6. The van der Waals surface area contributed by atoms with Crippen LogP contribution in [0.25, 0.3) is 11.4 Å². The Labute approximate surface area is 168 Å². The van der Waals surface area contributed by atoms with Crippen molar-refractivity contribution in [3.63, 3.8) is 0 Å². The van der Waals surface area contributed by atoms with Crippen molar-refractivity contribution in [3.8, 4) is 22.9 Å². The number of nitrogens with one attached hydrogen (secondary N) is 1. The molecule has 0 fully saturated rings. The second-order valence-corrected chi connectivity index (χ2v) is 7.33. The zero-order valence-electron chi connectivity index (χ0n) is 16.0. The summed E-state index contributed by atoms with van der Waals surface area (Å²) in [5.41, 5.74) is 1.70. The minimum atomic E-state index is -0.683. The van der Waals surface area contributed by atoms with Crippen LogP contribution in [0, 0.1) is 0 Å². The number of hydrogen-bond donors (Lipinski definition) is 1. The molecule has 1 N–H and O–H groups in total. The van der Waals surface area contributed by atoms with Crippen LogP contribution in [-0.2, 0) is 17.8 Å². The molecule has 1 unspecified atom stereocenters. The predicted molar refractivity (Wildman–Crippen MR) is 108 cm³/mol. The van der Waals surface area contributed by atoms with E-state index in [0.29, 0.717) is 17.2 Å². The van der Waals surface area contributed by atoms with E-state index in [1.807, 2.05) is 42.5 Å². The van der Waals surface area contributed by atoms with E-state index < -0.39 is 6.10 Å². The lowest BCUT2D eigenvalue weighted by Gasteiger charge is -2.25. The summed E-state index contributed by atoms with van der Waals surface area (Å²) in [4.78, 5) is 12.6. The number of carbonyl (C=O) groups excluding carboxylic acids is 1. The third kappa shape index (κ3) is 3.55. The molecule has 7 nitrogen and oxygen atoms in total. The van der Waals surface area contributed by atoms with Crippen LogP contribution < -0.4 is 14.8 Å². The second kappa shape index (κ2) is 7.58. The number of fused-ring (bicyclic) bond motifs is 2. The van der Waals surface area contributed by atoms with Gasteiger partial charge >= 0.3 is 0 Å². The number of carbonyl (C=O) groups is 1. The molecule has 0 bridgehead atoms. The number of nitrogens with zero attached hydrogens (tertiary/aromatic N) is 3. The Morgan fingerprint density at radius 1 is 1.00 bits per heavy atom. The van der Waals surface area contributed by atoms with Crippen LogP contribution in [0.5, 0.6) is 11.5 Å². The van der Waals surface area contributed by atoms with E-state index in [-0.39, 0.29) is 12.5 Å². The maximum Gasteiger partial charge on any atom is 0.269 e. The summed E-state index contributed by atoms with van der Waals surface area (Å²) in [6, 6.07) is 15.0. The summed E-state index contributed by atoms with van der Waals surface area (Å²) in [6.07, 6.45) is 3.84. The number of amides is 1. The van der Waals surface area contributed by atoms with Gasteiger partial charge in [-0.05, 0) is 49.2 Å². The molecular formula is C22H22N4O3. The molecule has 0 spiro atoms. The molecule has 3 aromatic rings. The number of rotatable bonds is 3. The second-order valence-electron chi connectivity index (χ2n) is 7.33. The minimum Gasteiger partial charge on any atom is -0.485 e. The molecule has 2 aliphatic rings. The van der Waals surface area contributed by atoms with E-state index >= 15 is 0 Å². The summed E-state index contributed by atoms with van der Waals surface area (Å²) in [7, 11) is 0. The largest absolute Gasteiger partial charge is 0.485 e. The number of para-hydroxylation sites is 2. The van der Waals surface area contributed by atoms with Crippen LogP contribution in [0.15, 0.2) is 48.5 Å². The molecule has 29 heavy (non-hydrogen) atoms. The number of aromatic nitrogens is 3. The maximum atomic E-state index is 12.6. The molecule has 1 atom stereocenters. The number of ether oxygens (including phenoxy) is 2. The first-order valence-electron chi connectivity index (χ1n) is 10.00. The van der Waals surface area contributed by atoms with Crippen molar-refractivity contribution in [2.24, 2.45) is 0 Å². The van der Waals surface area contributed by atoms with E-state index in [0.717, 1.165) is 36.6 Å². The van der Waals surface area contributed by atoms with Gasteiger partial charge in [0.05, 0.1) is 0 Å². The standard InChI is InChI=1S/C22H22N4O3/c27-22(19-14-28-17-6-3-4-7-18(17)29-19)23-16-11-9-15(10-12-16)21-25-24-20-8-2-1-5-13-26(20)21/h3-4,6-7,9-12,19H,1-2,5,8,13-14H2,(H,23,27). The Kier molecular flexibility index (Phi) is 4.63. The molecule has 1 amide bonds. The van der Waals surface area contributed by atoms with E-state index in [1.54, 1.807) is 6.07 Å². The Morgan fingerprint density at radius 3 is 2.69 bits per heavy atom. The van der Waals surface area contributed by atoms with Gasteiger partial charge in [0.1, 0.15) is 12.4 Å². The molecule has 0 radical (unpaired) electrons. The van der Waals surface area contributed by atoms with Crippen LogP contribution >= 0.6 is 0 Å². The SMILES string of the molecule is O=C(Nc1ccc(-c2nnc3n2CCCCC3)cc1)C1COc2ccccc2O1. The Morgan fingerprint density at radius 2 is 1.83 bits per heavy atom. The lowest BCUT2D eigenvalue weighted by Crippen LogP contribution is -2.40. The monoisotopic (exact) mass is 390 g/mol. The zero-order chi connectivity index (χ0) is 19.6. The zero-order valence-corrected chi connectivity index (χ0v) is 16.0. The molecule has 0 aliphatic carbocycles. The van der Waals surface area contributed by atoms with Gasteiger partial charge in [-0.1, -0.05) is 18.6 Å². The minimum absolute atomic E-state index is 0.187. The molecule has 5 rings (SSSR count). The first-order chi connectivity index (χ1) is 14.3. The third-order valence-corrected chi connectivity index (χ3v) is 5.32. The lowest BCUT2D eigenvalue weighted by atomic mass is 10.2. The molecule has 0 saturated carbocycles. The number of aryl methyl sites for hydroxylation is 1. The van der Waals surface area contributed by atoms with Crippen molar-refractivity contribution in [2.75, 3.05) is 11.9 Å². The third-order valence-electron chi connectivity index (χ3n) is 5.32. The first kappa shape index (κ1) is 17.7. The van der Waals surface area contributed by atoms with E-state index in [2.05, 4.69) is 20.1 Å². The smallest absolute Gasteiger partial charge is 0.269 e. The van der Waals surface area contributed by atoms with Crippen LogP contribution in [0.1, 0.15) is 25.1 Å². The summed E-state index contributed by atoms with van der Waals surface area (Å²) in [5.74, 6) is 2.96. The van der Waals surface area contributed by atoms with Crippen molar-refractivity contribution in [1.29, 1.82) is 0 Å². The van der Waals surface area contributed by atoms with Crippen molar-refractivity contribution >= 4 is 11.6 Å². The molecular weight excluding hydrogens is 368 g/mol. The van der Waals surface area contributed by atoms with Gasteiger partial charge in [0.2, 0.25) is 6.10 Å². The Hall–Kier alpha value is -3.35. The Bertz CT molecular complexity index is 1030. The Balaban J connectivity index is 1.28. The summed E-state index contributed by atoms with van der Waals surface area (Å²) in [5, 5.41) is 11.6. The van der Waals surface area contributed by atoms with Crippen molar-refractivity contribution < 1.29 is 14.3 Å². The number of anilines is 1. The van der Waals surface area contributed by atoms with E-state index in [9.17, 15) is 4.79 Å². The highest BCUT2D eigenvalue weighted by atomic mass is 16.6. The fraction of sp³-hybridized carbons (Fsp3) is 0.318. The lowest BCUT2D eigenvalue weighted by molar-refractivity contribution is -0.125. The van der Waals surface area contributed by atoms with Gasteiger partial charge in [-0.3, -0.25) is 4.79 Å². The van der Waals surface area contributed by atoms with Gasteiger partial charge in [-0.2, -0.15) is 0 Å². The highest BCUT2D eigenvalue weighted by Gasteiger charge is 2.27. The molecule has 7 heteroatoms. The topological polar surface area (TPSA) is 78.3 Å². The predicted octanol–water partition coefficient (Wildman–Crippen LogP) is 3.45. The maximum absolute atomic E-state index is 12.6. The van der Waals surface area contributed by atoms with Gasteiger partial charge in [-0.15, -0.1) is 10.2 Å². The van der Waals surface area contributed by atoms with Crippen LogP contribution in [0.3, 0.4) is 0 Å². The van der Waals surface area contributed by atoms with Crippen LogP contribution in [0.4, 0.5) is 5.69 Å².